The summed E-state index contributed by atoms with van der Waals surface area (Å²) >= 11 is 3.41. The normalized spacial score (nSPS) is 11.5. The first kappa shape index (κ1) is 13.5. The van der Waals surface area contributed by atoms with Crippen molar-refractivity contribution >= 4 is 31.6 Å². The van der Waals surface area contributed by atoms with E-state index in [4.69, 9.17) is 5.11 Å². The van der Waals surface area contributed by atoms with E-state index in [2.05, 4.69) is 20.7 Å². The second kappa shape index (κ2) is 5.16. The number of sulfonamides is 1. The van der Waals surface area contributed by atoms with Gasteiger partial charge >= 0.3 is 0 Å². The number of rotatable bonds is 4. The van der Waals surface area contributed by atoms with Gasteiger partial charge in [-0.3, -0.25) is 4.72 Å². The van der Waals surface area contributed by atoms with E-state index in [1.807, 2.05) is 13.8 Å². The van der Waals surface area contributed by atoms with Crippen molar-refractivity contribution in [2.45, 2.75) is 13.8 Å². The molecule has 4 nitrogen and oxygen atoms in total. The van der Waals surface area contributed by atoms with Crippen LogP contribution in [0.5, 0.6) is 0 Å². The number of anilines is 1. The van der Waals surface area contributed by atoms with Gasteiger partial charge in [-0.15, -0.1) is 0 Å². The molecule has 2 N–H and O–H groups in total. The Balaban J connectivity index is 2.99. The number of aryl methyl sites for hydroxylation is 2. The Labute approximate surface area is 104 Å². The highest BCUT2D eigenvalue weighted by molar-refractivity contribution is 9.10. The molecule has 0 aliphatic carbocycles. The second-order valence-electron chi connectivity index (χ2n) is 3.57. The Kier molecular flexibility index (Phi) is 4.35. The number of nitrogens with one attached hydrogen (secondary N) is 1. The number of halogens is 1. The summed E-state index contributed by atoms with van der Waals surface area (Å²) in [6.45, 7) is 3.39. The Hall–Kier alpha value is -0.590. The van der Waals surface area contributed by atoms with Crippen LogP contribution in [0.25, 0.3) is 0 Å². The third-order valence-corrected chi connectivity index (χ3v) is 4.59. The van der Waals surface area contributed by atoms with Gasteiger partial charge in [0.05, 0.1) is 12.4 Å². The van der Waals surface area contributed by atoms with Gasteiger partial charge in [-0.25, -0.2) is 8.42 Å². The Morgan fingerprint density at radius 2 is 1.81 bits per heavy atom. The van der Waals surface area contributed by atoms with Crippen LogP contribution in [0.1, 0.15) is 11.1 Å². The minimum atomic E-state index is -3.45. The van der Waals surface area contributed by atoms with Gasteiger partial charge < -0.3 is 5.11 Å². The van der Waals surface area contributed by atoms with E-state index >= 15 is 0 Å². The molecule has 6 heteroatoms. The molecule has 0 amide bonds. The maximum Gasteiger partial charge on any atom is 0.234 e. The van der Waals surface area contributed by atoms with Gasteiger partial charge in [-0.1, -0.05) is 15.9 Å². The Bertz CT molecular complexity index is 462. The first-order valence-corrected chi connectivity index (χ1v) is 7.18. The van der Waals surface area contributed by atoms with Crippen LogP contribution in [-0.2, 0) is 10.0 Å². The molecule has 1 aromatic carbocycles. The van der Waals surface area contributed by atoms with Crippen molar-refractivity contribution in [2.75, 3.05) is 17.1 Å². The van der Waals surface area contributed by atoms with Crippen LogP contribution >= 0.6 is 15.9 Å². The molecule has 90 valence electrons. The first-order valence-electron chi connectivity index (χ1n) is 4.74. The highest BCUT2D eigenvalue weighted by atomic mass is 79.9. The summed E-state index contributed by atoms with van der Waals surface area (Å²) in [7, 11) is -3.45. The summed E-state index contributed by atoms with van der Waals surface area (Å²) in [6.07, 6.45) is 0. The molecule has 0 unspecified atom stereocenters. The predicted octanol–water partition coefficient (Wildman–Crippen LogP) is 1.80. The molecule has 1 rings (SSSR count). The third kappa shape index (κ3) is 3.47. The standard InChI is InChI=1S/C10H14BrNO3S/c1-7-5-9(6-8(2)10(7)11)12-16(14,15)4-3-13/h5-6,12-13H,3-4H2,1-2H3. The van der Waals surface area contributed by atoms with Gasteiger partial charge in [0, 0.05) is 10.2 Å². The van der Waals surface area contributed by atoms with Crippen LogP contribution in [0.2, 0.25) is 0 Å². The van der Waals surface area contributed by atoms with E-state index in [-0.39, 0.29) is 12.4 Å². The average Bonchev–Trinajstić information content (AvgIpc) is 2.13. The fourth-order valence-corrected chi connectivity index (χ4v) is 2.40. The zero-order valence-corrected chi connectivity index (χ0v) is 11.5. The van der Waals surface area contributed by atoms with Crippen molar-refractivity contribution in [3.8, 4) is 0 Å². The predicted molar refractivity (Wildman–Crippen MR) is 68.1 cm³/mol. The van der Waals surface area contributed by atoms with E-state index in [0.717, 1.165) is 15.6 Å². The van der Waals surface area contributed by atoms with Crippen LogP contribution in [0.4, 0.5) is 5.69 Å². The molecule has 1 aromatic rings. The lowest BCUT2D eigenvalue weighted by Crippen LogP contribution is -2.19. The zero-order chi connectivity index (χ0) is 12.3. The number of benzene rings is 1. The smallest absolute Gasteiger partial charge is 0.234 e. The molecule has 0 aliphatic rings. The molecule has 0 saturated carbocycles. The Morgan fingerprint density at radius 1 is 1.31 bits per heavy atom. The molecular formula is C10H14BrNO3S. The minimum absolute atomic E-state index is 0.291. The molecule has 0 aromatic heterocycles. The SMILES string of the molecule is Cc1cc(NS(=O)(=O)CCO)cc(C)c1Br. The zero-order valence-electron chi connectivity index (χ0n) is 9.12. The van der Waals surface area contributed by atoms with Gasteiger partial charge in [0.15, 0.2) is 0 Å². The summed E-state index contributed by atoms with van der Waals surface area (Å²) < 4.78 is 26.2. The molecule has 0 fully saturated rings. The van der Waals surface area contributed by atoms with Crippen LogP contribution in [0.3, 0.4) is 0 Å². The molecule has 0 heterocycles. The summed E-state index contributed by atoms with van der Waals surface area (Å²) in [5.41, 5.74) is 2.44. The summed E-state index contributed by atoms with van der Waals surface area (Å²) in [6, 6.07) is 3.48. The number of hydrogen-bond donors (Lipinski definition) is 2. The van der Waals surface area contributed by atoms with Crippen molar-refractivity contribution in [1.29, 1.82) is 0 Å². The third-order valence-electron chi connectivity index (χ3n) is 2.07. The van der Waals surface area contributed by atoms with Crippen molar-refractivity contribution in [3.63, 3.8) is 0 Å². The minimum Gasteiger partial charge on any atom is -0.395 e. The monoisotopic (exact) mass is 307 g/mol. The van der Waals surface area contributed by atoms with Gasteiger partial charge in [-0.05, 0) is 37.1 Å². The van der Waals surface area contributed by atoms with Crippen LogP contribution in [0.15, 0.2) is 16.6 Å². The maximum absolute atomic E-state index is 11.4. The number of hydrogen-bond acceptors (Lipinski definition) is 3. The molecule has 0 aliphatic heterocycles. The van der Waals surface area contributed by atoms with Crippen LogP contribution < -0.4 is 4.72 Å². The van der Waals surface area contributed by atoms with Gasteiger partial charge in [0.25, 0.3) is 0 Å². The van der Waals surface area contributed by atoms with Crippen LogP contribution in [-0.4, -0.2) is 25.9 Å². The second-order valence-corrected chi connectivity index (χ2v) is 6.20. The average molecular weight is 308 g/mol. The Morgan fingerprint density at radius 3 is 2.25 bits per heavy atom. The first-order chi connectivity index (χ1) is 7.35. The van der Waals surface area contributed by atoms with E-state index in [0.29, 0.717) is 5.69 Å². The van der Waals surface area contributed by atoms with Crippen LogP contribution in [0, 0.1) is 13.8 Å². The molecule has 0 bridgehead atoms. The van der Waals surface area contributed by atoms with E-state index in [1.165, 1.54) is 0 Å². The highest BCUT2D eigenvalue weighted by Crippen LogP contribution is 2.25. The largest absolute Gasteiger partial charge is 0.395 e. The lowest BCUT2D eigenvalue weighted by Gasteiger charge is -2.10. The summed E-state index contributed by atoms with van der Waals surface area (Å²) in [5, 5.41) is 8.61. The topological polar surface area (TPSA) is 66.4 Å². The van der Waals surface area contributed by atoms with Gasteiger partial charge in [0.1, 0.15) is 0 Å². The lowest BCUT2D eigenvalue weighted by atomic mass is 10.1. The van der Waals surface area contributed by atoms with Crippen molar-refractivity contribution in [3.05, 3.63) is 27.7 Å². The molecular weight excluding hydrogens is 294 g/mol. The van der Waals surface area contributed by atoms with E-state index in [1.54, 1.807) is 12.1 Å². The summed E-state index contributed by atoms with van der Waals surface area (Å²) in [5.74, 6) is -0.291. The number of aliphatic hydroxyl groups excluding tert-OH is 1. The molecule has 0 saturated heterocycles. The summed E-state index contributed by atoms with van der Waals surface area (Å²) in [4.78, 5) is 0. The van der Waals surface area contributed by atoms with Gasteiger partial charge in [0.2, 0.25) is 10.0 Å². The fourth-order valence-electron chi connectivity index (χ4n) is 1.36. The van der Waals surface area contributed by atoms with E-state index in [9.17, 15) is 8.42 Å². The molecule has 0 atom stereocenters. The van der Waals surface area contributed by atoms with Crippen molar-refractivity contribution < 1.29 is 13.5 Å². The van der Waals surface area contributed by atoms with Crippen molar-refractivity contribution in [2.24, 2.45) is 0 Å². The molecule has 0 spiro atoms. The molecule has 0 radical (unpaired) electrons. The number of aliphatic hydroxyl groups is 1. The molecule has 16 heavy (non-hydrogen) atoms. The quantitative estimate of drug-likeness (QED) is 0.891. The fraction of sp³-hybridized carbons (Fsp3) is 0.400. The maximum atomic E-state index is 11.4. The van der Waals surface area contributed by atoms with Gasteiger partial charge in [-0.2, -0.15) is 0 Å². The van der Waals surface area contributed by atoms with Crippen molar-refractivity contribution in [1.82, 2.24) is 0 Å². The van der Waals surface area contributed by atoms with E-state index < -0.39 is 10.0 Å². The highest BCUT2D eigenvalue weighted by Gasteiger charge is 2.10. The lowest BCUT2D eigenvalue weighted by molar-refractivity contribution is 0.320.